The average molecular weight is 287 g/mol. The van der Waals surface area contributed by atoms with E-state index in [-0.39, 0.29) is 16.3 Å². The molecule has 1 N–H and O–H groups in total. The van der Waals surface area contributed by atoms with Crippen LogP contribution in [0.15, 0.2) is 35.4 Å². The molecule has 0 saturated heterocycles. The molecular formula is C12H9N5O2S. The Morgan fingerprint density at radius 2 is 1.85 bits per heavy atom. The van der Waals surface area contributed by atoms with Crippen LogP contribution >= 0.6 is 0 Å². The fourth-order valence-electron chi connectivity index (χ4n) is 1.54. The van der Waals surface area contributed by atoms with Crippen molar-refractivity contribution in [1.82, 2.24) is 9.78 Å². The van der Waals surface area contributed by atoms with E-state index >= 15 is 0 Å². The van der Waals surface area contributed by atoms with Gasteiger partial charge in [-0.1, -0.05) is 0 Å². The van der Waals surface area contributed by atoms with Gasteiger partial charge in [0.25, 0.3) is 10.0 Å². The van der Waals surface area contributed by atoms with Gasteiger partial charge in [0.2, 0.25) is 0 Å². The van der Waals surface area contributed by atoms with Crippen LogP contribution in [0, 0.1) is 22.7 Å². The molecule has 2 rings (SSSR count). The van der Waals surface area contributed by atoms with Crippen molar-refractivity contribution in [1.29, 1.82) is 10.5 Å². The maximum atomic E-state index is 12.2. The molecule has 1 aromatic heterocycles. The monoisotopic (exact) mass is 287 g/mol. The van der Waals surface area contributed by atoms with E-state index in [4.69, 9.17) is 10.5 Å². The predicted molar refractivity (Wildman–Crippen MR) is 69.9 cm³/mol. The van der Waals surface area contributed by atoms with Gasteiger partial charge in [0, 0.05) is 7.05 Å². The maximum absolute atomic E-state index is 12.2. The van der Waals surface area contributed by atoms with Crippen molar-refractivity contribution in [2.45, 2.75) is 4.90 Å². The minimum Gasteiger partial charge on any atom is -0.262 e. The smallest absolute Gasteiger partial charge is 0.262 e. The minimum atomic E-state index is -3.83. The number of hydrogen-bond acceptors (Lipinski definition) is 5. The summed E-state index contributed by atoms with van der Waals surface area (Å²) in [6.45, 7) is 0. The SMILES string of the molecule is Cn1ncc(C#N)c1NS(=O)(=O)c1ccc(C#N)cc1. The molecule has 20 heavy (non-hydrogen) atoms. The van der Waals surface area contributed by atoms with Gasteiger partial charge in [-0.05, 0) is 24.3 Å². The van der Waals surface area contributed by atoms with E-state index in [1.165, 1.54) is 42.2 Å². The highest BCUT2D eigenvalue weighted by molar-refractivity contribution is 7.92. The fourth-order valence-corrected chi connectivity index (χ4v) is 2.64. The van der Waals surface area contributed by atoms with Gasteiger partial charge < -0.3 is 0 Å². The van der Waals surface area contributed by atoms with E-state index in [1.807, 2.05) is 12.1 Å². The molecule has 7 nitrogen and oxygen atoms in total. The van der Waals surface area contributed by atoms with Crippen molar-refractivity contribution in [2.75, 3.05) is 4.72 Å². The van der Waals surface area contributed by atoms with Crippen LogP contribution in [0.3, 0.4) is 0 Å². The maximum Gasteiger partial charge on any atom is 0.263 e. The minimum absolute atomic E-state index is 0.00147. The number of nitrogens with zero attached hydrogens (tertiary/aromatic N) is 4. The first-order valence-corrected chi connectivity index (χ1v) is 6.91. The van der Waals surface area contributed by atoms with E-state index in [9.17, 15) is 8.42 Å². The molecule has 100 valence electrons. The van der Waals surface area contributed by atoms with Crippen molar-refractivity contribution in [2.24, 2.45) is 7.05 Å². The van der Waals surface area contributed by atoms with E-state index in [0.717, 1.165) is 0 Å². The molecule has 0 aliphatic heterocycles. The molecule has 1 heterocycles. The summed E-state index contributed by atoms with van der Waals surface area (Å²) in [4.78, 5) is 0.00147. The zero-order valence-corrected chi connectivity index (χ0v) is 11.2. The number of aromatic nitrogens is 2. The van der Waals surface area contributed by atoms with Crippen LogP contribution in [0.1, 0.15) is 11.1 Å². The first-order chi connectivity index (χ1) is 9.47. The van der Waals surface area contributed by atoms with Gasteiger partial charge in [-0.2, -0.15) is 15.6 Å². The van der Waals surface area contributed by atoms with Crippen molar-refractivity contribution in [3.63, 3.8) is 0 Å². The van der Waals surface area contributed by atoms with Gasteiger partial charge >= 0.3 is 0 Å². The summed E-state index contributed by atoms with van der Waals surface area (Å²) >= 11 is 0. The molecule has 1 aromatic carbocycles. The third kappa shape index (κ3) is 2.46. The Balaban J connectivity index is 2.39. The number of nitriles is 2. The van der Waals surface area contributed by atoms with Crippen molar-refractivity contribution in [3.8, 4) is 12.1 Å². The first kappa shape index (κ1) is 13.6. The molecule has 0 aliphatic rings. The lowest BCUT2D eigenvalue weighted by Crippen LogP contribution is -2.16. The third-order valence-corrected chi connectivity index (χ3v) is 3.94. The molecule has 0 aliphatic carbocycles. The fraction of sp³-hybridized carbons (Fsp3) is 0.0833. The van der Waals surface area contributed by atoms with Gasteiger partial charge in [-0.15, -0.1) is 0 Å². The second-order valence-corrected chi connectivity index (χ2v) is 5.57. The quantitative estimate of drug-likeness (QED) is 0.903. The lowest BCUT2D eigenvalue weighted by atomic mass is 10.2. The third-order valence-electron chi connectivity index (χ3n) is 2.58. The van der Waals surface area contributed by atoms with Crippen molar-refractivity contribution < 1.29 is 8.42 Å². The number of nitrogens with one attached hydrogen (secondary N) is 1. The van der Waals surface area contributed by atoms with E-state index < -0.39 is 10.0 Å². The predicted octanol–water partition coefficient (Wildman–Crippen LogP) is 0.964. The van der Waals surface area contributed by atoms with Crippen LogP contribution in [0.25, 0.3) is 0 Å². The highest BCUT2D eigenvalue weighted by Crippen LogP contribution is 2.19. The summed E-state index contributed by atoms with van der Waals surface area (Å²) < 4.78 is 27.9. The van der Waals surface area contributed by atoms with Crippen LogP contribution in [-0.2, 0) is 17.1 Å². The molecule has 0 spiro atoms. The lowest BCUT2D eigenvalue weighted by molar-refractivity contribution is 0.600. The molecule has 0 atom stereocenters. The number of rotatable bonds is 3. The van der Waals surface area contributed by atoms with Crippen molar-refractivity contribution >= 4 is 15.8 Å². The van der Waals surface area contributed by atoms with Crippen LogP contribution in [0.4, 0.5) is 5.82 Å². The number of anilines is 1. The molecule has 0 unspecified atom stereocenters. The Morgan fingerprint density at radius 3 is 2.40 bits per heavy atom. The summed E-state index contributed by atoms with van der Waals surface area (Å²) in [5.41, 5.74) is 0.493. The van der Waals surface area contributed by atoms with Crippen LogP contribution in [0.2, 0.25) is 0 Å². The Labute approximate surface area is 115 Å². The Morgan fingerprint density at radius 1 is 1.20 bits per heavy atom. The Hall–Kier alpha value is -2.84. The van der Waals surface area contributed by atoms with E-state index in [0.29, 0.717) is 5.56 Å². The van der Waals surface area contributed by atoms with Crippen molar-refractivity contribution in [3.05, 3.63) is 41.6 Å². The van der Waals surface area contributed by atoms with E-state index in [1.54, 1.807) is 0 Å². The number of benzene rings is 1. The molecule has 0 saturated carbocycles. The molecule has 2 aromatic rings. The highest BCUT2D eigenvalue weighted by atomic mass is 32.2. The van der Waals surface area contributed by atoms with Crippen LogP contribution in [-0.4, -0.2) is 18.2 Å². The number of hydrogen-bond donors (Lipinski definition) is 1. The molecule has 0 amide bonds. The van der Waals surface area contributed by atoms with Gasteiger partial charge in [-0.25, -0.2) is 8.42 Å². The number of sulfonamides is 1. The number of aryl methyl sites for hydroxylation is 1. The normalized spacial score (nSPS) is 10.6. The summed E-state index contributed by atoms with van der Waals surface area (Å²) in [7, 11) is -2.31. The second-order valence-electron chi connectivity index (χ2n) is 3.88. The first-order valence-electron chi connectivity index (χ1n) is 5.43. The van der Waals surface area contributed by atoms with Gasteiger partial charge in [0.1, 0.15) is 11.6 Å². The second kappa shape index (κ2) is 5.03. The Bertz CT molecular complexity index is 822. The van der Waals surface area contributed by atoms with Gasteiger partial charge in [0.05, 0.1) is 22.7 Å². The Kier molecular flexibility index (Phi) is 3.42. The van der Waals surface area contributed by atoms with Gasteiger partial charge in [0.15, 0.2) is 5.82 Å². The van der Waals surface area contributed by atoms with Gasteiger partial charge in [-0.3, -0.25) is 9.40 Å². The van der Waals surface area contributed by atoms with Crippen LogP contribution < -0.4 is 4.72 Å². The zero-order valence-electron chi connectivity index (χ0n) is 10.4. The lowest BCUT2D eigenvalue weighted by Gasteiger charge is -2.08. The molecule has 0 fully saturated rings. The summed E-state index contributed by atoms with van der Waals surface area (Å²) in [6.07, 6.45) is 1.27. The summed E-state index contributed by atoms with van der Waals surface area (Å²) in [5.74, 6) is 0.0943. The summed E-state index contributed by atoms with van der Waals surface area (Å²) in [6, 6.07) is 9.22. The van der Waals surface area contributed by atoms with E-state index in [2.05, 4.69) is 9.82 Å². The topological polar surface area (TPSA) is 112 Å². The van der Waals surface area contributed by atoms with Crippen LogP contribution in [0.5, 0.6) is 0 Å². The molecule has 8 heteroatoms. The molecule has 0 bridgehead atoms. The zero-order chi connectivity index (χ0) is 14.8. The summed E-state index contributed by atoms with van der Waals surface area (Å²) in [5, 5.41) is 21.4. The largest absolute Gasteiger partial charge is 0.263 e. The average Bonchev–Trinajstić information content (AvgIpc) is 2.79. The highest BCUT2D eigenvalue weighted by Gasteiger charge is 2.18. The standard InChI is InChI=1S/C12H9N5O2S/c1-17-12(10(7-14)8-15-17)16-20(18,19)11-4-2-9(6-13)3-5-11/h2-5,8,16H,1H3. The molecule has 0 radical (unpaired) electrons. The molecular weight excluding hydrogens is 278 g/mol.